The zero-order chi connectivity index (χ0) is 13.4. The molecule has 1 fully saturated rings. The Kier molecular flexibility index (Phi) is 3.90. The standard InChI is InChI=1S/C10H13IN2O5/c1-4-2-13(10(17)12-8(4)16)9-6(11)7(15)5(3-14)18-9/h2,5-7,9,14-15H,3H2,1H3,(H,12,16,17)/t5-,6?,7?,9-/m0/s1. The van der Waals surface area contributed by atoms with Crippen molar-refractivity contribution in [3.8, 4) is 0 Å². The van der Waals surface area contributed by atoms with Crippen LogP contribution in [0.5, 0.6) is 0 Å². The summed E-state index contributed by atoms with van der Waals surface area (Å²) < 4.78 is 6.27. The maximum absolute atomic E-state index is 11.7. The van der Waals surface area contributed by atoms with Gasteiger partial charge in [-0.25, -0.2) is 4.79 Å². The number of hydrogen-bond donors (Lipinski definition) is 3. The van der Waals surface area contributed by atoms with Gasteiger partial charge in [-0.3, -0.25) is 14.3 Å². The fraction of sp³-hybridized carbons (Fsp3) is 0.600. The summed E-state index contributed by atoms with van der Waals surface area (Å²) in [5, 5.41) is 18.9. The number of H-pyrrole nitrogens is 1. The van der Waals surface area contributed by atoms with Crippen LogP contribution in [0.4, 0.5) is 0 Å². The molecule has 2 heterocycles. The number of nitrogens with zero attached hydrogens (tertiary/aromatic N) is 1. The van der Waals surface area contributed by atoms with Crippen molar-refractivity contribution in [3.63, 3.8) is 0 Å². The van der Waals surface area contributed by atoms with E-state index in [0.29, 0.717) is 5.56 Å². The van der Waals surface area contributed by atoms with E-state index in [9.17, 15) is 14.7 Å². The number of hydrogen-bond acceptors (Lipinski definition) is 5. The van der Waals surface area contributed by atoms with Gasteiger partial charge in [0.1, 0.15) is 6.10 Å². The highest BCUT2D eigenvalue weighted by molar-refractivity contribution is 14.1. The molecule has 2 unspecified atom stereocenters. The van der Waals surface area contributed by atoms with Crippen LogP contribution < -0.4 is 11.2 Å². The molecule has 0 saturated carbocycles. The van der Waals surface area contributed by atoms with Crippen LogP contribution in [0.3, 0.4) is 0 Å². The van der Waals surface area contributed by atoms with Crippen LogP contribution >= 0.6 is 22.6 Å². The zero-order valence-electron chi connectivity index (χ0n) is 9.54. The number of halogens is 1. The van der Waals surface area contributed by atoms with Gasteiger partial charge in [0.05, 0.1) is 16.6 Å². The summed E-state index contributed by atoms with van der Waals surface area (Å²) in [6.45, 7) is 1.25. The Hall–Kier alpha value is -0.710. The topological polar surface area (TPSA) is 105 Å². The lowest BCUT2D eigenvalue weighted by atomic mass is 10.2. The van der Waals surface area contributed by atoms with Gasteiger partial charge >= 0.3 is 5.69 Å². The molecule has 0 spiro atoms. The lowest BCUT2D eigenvalue weighted by Crippen LogP contribution is -2.36. The minimum atomic E-state index is -0.861. The monoisotopic (exact) mass is 368 g/mol. The van der Waals surface area contributed by atoms with E-state index < -0.39 is 29.7 Å². The highest BCUT2D eigenvalue weighted by atomic mass is 127. The molecular formula is C10H13IN2O5. The summed E-state index contributed by atoms with van der Waals surface area (Å²) in [5.41, 5.74) is -0.662. The van der Waals surface area contributed by atoms with Crippen molar-refractivity contribution < 1.29 is 14.9 Å². The molecule has 1 aromatic heterocycles. The molecule has 8 heteroatoms. The van der Waals surface area contributed by atoms with E-state index in [4.69, 9.17) is 9.84 Å². The normalized spacial score (nSPS) is 31.8. The first-order valence-corrected chi connectivity index (χ1v) is 6.60. The molecule has 0 aromatic carbocycles. The summed E-state index contributed by atoms with van der Waals surface area (Å²) in [6, 6.07) is 0. The van der Waals surface area contributed by atoms with Gasteiger partial charge in [-0.15, -0.1) is 0 Å². The Bertz CT molecular complexity index is 554. The molecule has 18 heavy (non-hydrogen) atoms. The molecular weight excluding hydrogens is 355 g/mol. The number of rotatable bonds is 2. The van der Waals surface area contributed by atoms with Crippen LogP contribution in [0.15, 0.2) is 15.8 Å². The van der Waals surface area contributed by atoms with E-state index in [1.165, 1.54) is 10.8 Å². The molecule has 0 aliphatic carbocycles. The lowest BCUT2D eigenvalue weighted by molar-refractivity contribution is -0.0456. The molecule has 0 radical (unpaired) electrons. The summed E-state index contributed by atoms with van der Waals surface area (Å²) >= 11 is 1.96. The first kappa shape index (κ1) is 13.7. The van der Waals surface area contributed by atoms with Gasteiger partial charge in [-0.05, 0) is 6.92 Å². The Morgan fingerprint density at radius 2 is 2.22 bits per heavy atom. The molecule has 0 bridgehead atoms. The first-order chi connectivity index (χ1) is 8.45. The molecule has 3 N–H and O–H groups in total. The number of aromatic amines is 1. The summed E-state index contributed by atoms with van der Waals surface area (Å²) in [4.78, 5) is 25.2. The second-order valence-corrected chi connectivity index (χ2v) is 5.60. The highest BCUT2D eigenvalue weighted by Crippen LogP contribution is 2.33. The van der Waals surface area contributed by atoms with E-state index in [2.05, 4.69) is 4.98 Å². The van der Waals surface area contributed by atoms with Crippen LogP contribution in [0.25, 0.3) is 0 Å². The number of aliphatic hydroxyl groups is 2. The predicted molar refractivity (Wildman–Crippen MR) is 70.9 cm³/mol. The van der Waals surface area contributed by atoms with Crippen molar-refractivity contribution in [1.82, 2.24) is 9.55 Å². The predicted octanol–water partition coefficient (Wildman–Crippen LogP) is -1.10. The van der Waals surface area contributed by atoms with E-state index in [1.807, 2.05) is 22.6 Å². The van der Waals surface area contributed by atoms with Gasteiger partial charge in [0, 0.05) is 11.8 Å². The van der Waals surface area contributed by atoms with Crippen LogP contribution in [0.2, 0.25) is 0 Å². The van der Waals surface area contributed by atoms with E-state index in [0.717, 1.165) is 0 Å². The molecule has 1 saturated heterocycles. The van der Waals surface area contributed by atoms with Gasteiger partial charge in [0.25, 0.3) is 5.56 Å². The van der Waals surface area contributed by atoms with Gasteiger partial charge in [0.2, 0.25) is 0 Å². The third-order valence-electron chi connectivity index (χ3n) is 2.89. The first-order valence-electron chi connectivity index (χ1n) is 5.36. The third kappa shape index (κ3) is 2.25. The minimum absolute atomic E-state index is 0.325. The van der Waals surface area contributed by atoms with Gasteiger partial charge in [-0.1, -0.05) is 22.6 Å². The number of ether oxygens (including phenoxy) is 1. The lowest BCUT2D eigenvalue weighted by Gasteiger charge is -2.17. The van der Waals surface area contributed by atoms with Crippen LogP contribution in [-0.2, 0) is 4.74 Å². The number of alkyl halides is 1. The quantitative estimate of drug-likeness (QED) is 0.454. The number of aromatic nitrogens is 2. The van der Waals surface area contributed by atoms with Crippen molar-refractivity contribution in [1.29, 1.82) is 0 Å². The average molecular weight is 368 g/mol. The second-order valence-electron chi connectivity index (χ2n) is 4.16. The van der Waals surface area contributed by atoms with Gasteiger partial charge in [0.15, 0.2) is 6.23 Å². The van der Waals surface area contributed by atoms with Crippen molar-refractivity contribution in [2.75, 3.05) is 6.61 Å². The second kappa shape index (κ2) is 5.11. The van der Waals surface area contributed by atoms with Crippen LogP contribution in [0.1, 0.15) is 11.8 Å². The molecule has 2 rings (SSSR count). The molecule has 1 aliphatic rings. The SMILES string of the molecule is Cc1cn([C@H]2O[C@@H](CO)C(O)C2I)c(=O)[nH]c1=O. The Labute approximate surface area is 116 Å². The molecule has 100 valence electrons. The third-order valence-corrected chi connectivity index (χ3v) is 4.25. The van der Waals surface area contributed by atoms with E-state index in [-0.39, 0.29) is 10.5 Å². The zero-order valence-corrected chi connectivity index (χ0v) is 11.7. The number of aliphatic hydroxyl groups excluding tert-OH is 2. The van der Waals surface area contributed by atoms with Crippen molar-refractivity contribution in [3.05, 3.63) is 32.6 Å². The minimum Gasteiger partial charge on any atom is -0.394 e. The smallest absolute Gasteiger partial charge is 0.330 e. The van der Waals surface area contributed by atoms with Crippen LogP contribution in [-0.4, -0.2) is 42.5 Å². The average Bonchev–Trinajstić information content (AvgIpc) is 2.61. The number of nitrogens with one attached hydrogen (secondary N) is 1. The maximum Gasteiger partial charge on any atom is 0.330 e. The summed E-state index contributed by atoms with van der Waals surface area (Å²) in [6.07, 6.45) is -0.902. The largest absolute Gasteiger partial charge is 0.394 e. The Morgan fingerprint density at radius 3 is 2.78 bits per heavy atom. The summed E-state index contributed by atoms with van der Waals surface area (Å²) in [7, 11) is 0. The number of aryl methyl sites for hydroxylation is 1. The van der Waals surface area contributed by atoms with E-state index in [1.54, 1.807) is 6.92 Å². The fourth-order valence-electron chi connectivity index (χ4n) is 1.85. The molecule has 4 atom stereocenters. The van der Waals surface area contributed by atoms with Crippen molar-refractivity contribution in [2.45, 2.75) is 29.3 Å². The van der Waals surface area contributed by atoms with Gasteiger partial charge < -0.3 is 14.9 Å². The van der Waals surface area contributed by atoms with Gasteiger partial charge in [-0.2, -0.15) is 0 Å². The fourth-order valence-corrected chi connectivity index (χ4v) is 2.83. The molecule has 7 nitrogen and oxygen atoms in total. The molecule has 1 aliphatic heterocycles. The highest BCUT2D eigenvalue weighted by Gasteiger charge is 2.43. The van der Waals surface area contributed by atoms with Crippen LogP contribution in [0, 0.1) is 6.92 Å². The maximum atomic E-state index is 11.7. The summed E-state index contributed by atoms with van der Waals surface area (Å²) in [5.74, 6) is 0. The Morgan fingerprint density at radius 1 is 1.56 bits per heavy atom. The van der Waals surface area contributed by atoms with E-state index >= 15 is 0 Å². The molecule has 0 amide bonds. The van der Waals surface area contributed by atoms with Crippen molar-refractivity contribution >= 4 is 22.6 Å². The Balaban J connectivity index is 2.42. The molecule has 1 aromatic rings. The van der Waals surface area contributed by atoms with Crippen molar-refractivity contribution in [2.24, 2.45) is 0 Å².